The fraction of sp³-hybridized carbons (Fsp3) is 0.391. The average molecular weight is 429 g/mol. The molecular weight excluding hydrogens is 400 g/mol. The van der Waals surface area contributed by atoms with Crippen LogP contribution in [0.2, 0.25) is 0 Å². The maximum absolute atomic E-state index is 12.8. The summed E-state index contributed by atoms with van der Waals surface area (Å²) < 4.78 is 0. The Morgan fingerprint density at radius 1 is 0.966 bits per heavy atom. The van der Waals surface area contributed by atoms with Gasteiger partial charge in [-0.3, -0.25) is 9.59 Å². The van der Waals surface area contributed by atoms with E-state index in [0.29, 0.717) is 13.1 Å². The second kappa shape index (κ2) is 10.9. The van der Waals surface area contributed by atoms with E-state index in [9.17, 15) is 9.59 Å². The van der Waals surface area contributed by atoms with Gasteiger partial charge in [0, 0.05) is 47.7 Å². The summed E-state index contributed by atoms with van der Waals surface area (Å²) in [6.45, 7) is 2.19. The Morgan fingerprint density at radius 3 is 2.24 bits per heavy atom. The molecule has 1 heterocycles. The third-order valence-electron chi connectivity index (χ3n) is 5.06. The molecule has 1 aliphatic heterocycles. The number of amides is 1. The highest BCUT2D eigenvalue weighted by molar-refractivity contribution is 8.81. The predicted octanol–water partition coefficient (Wildman–Crippen LogP) is 5.34. The molecule has 0 radical (unpaired) electrons. The van der Waals surface area contributed by atoms with Gasteiger partial charge in [-0.15, -0.1) is 0 Å². The van der Waals surface area contributed by atoms with Crippen LogP contribution in [0.1, 0.15) is 34.3 Å². The molecule has 0 N–H and O–H groups in total. The van der Waals surface area contributed by atoms with E-state index in [1.807, 2.05) is 61.5 Å². The van der Waals surface area contributed by atoms with Crippen LogP contribution in [0.4, 0.5) is 4.79 Å². The number of hydrogen-bond donors (Lipinski definition) is 0. The van der Waals surface area contributed by atoms with Gasteiger partial charge < -0.3 is 9.80 Å². The Labute approximate surface area is 181 Å². The molecule has 0 atom stereocenters. The van der Waals surface area contributed by atoms with Crippen molar-refractivity contribution >= 4 is 32.6 Å². The van der Waals surface area contributed by atoms with Crippen molar-refractivity contribution in [3.63, 3.8) is 0 Å². The largest absolute Gasteiger partial charge is 0.333 e. The molecule has 154 valence electrons. The lowest BCUT2D eigenvalue weighted by atomic mass is 9.89. The molecule has 0 unspecified atom stereocenters. The van der Waals surface area contributed by atoms with E-state index in [0.717, 1.165) is 30.7 Å². The quantitative estimate of drug-likeness (QED) is 0.439. The lowest BCUT2D eigenvalue weighted by Gasteiger charge is -2.30. The zero-order chi connectivity index (χ0) is 20.6. The highest BCUT2D eigenvalue weighted by Gasteiger charge is 2.28. The summed E-state index contributed by atoms with van der Waals surface area (Å²) in [5.74, 6) is 1.04. The van der Waals surface area contributed by atoms with Gasteiger partial charge in [0.25, 0.3) is 5.24 Å². The maximum Gasteiger partial charge on any atom is 0.292 e. The number of piperidine rings is 1. The summed E-state index contributed by atoms with van der Waals surface area (Å²) >= 11 is 0. The lowest BCUT2D eigenvalue weighted by molar-refractivity contribution is 0.0862. The first-order valence-corrected chi connectivity index (χ1v) is 12.2. The molecule has 1 amide bonds. The average Bonchev–Trinajstić information content (AvgIpc) is 2.74. The number of rotatable bonds is 7. The van der Waals surface area contributed by atoms with Gasteiger partial charge in [-0.05, 0) is 38.1 Å². The van der Waals surface area contributed by atoms with E-state index in [4.69, 9.17) is 0 Å². The molecule has 2 aromatic carbocycles. The number of benzene rings is 2. The number of carbonyl (C=O) groups is 2. The molecule has 3 rings (SSSR count). The van der Waals surface area contributed by atoms with Gasteiger partial charge in [0.15, 0.2) is 5.78 Å². The van der Waals surface area contributed by atoms with Crippen LogP contribution in [0.25, 0.3) is 0 Å². The van der Waals surface area contributed by atoms with Crippen LogP contribution in [-0.2, 0) is 12.3 Å². The third-order valence-corrected chi connectivity index (χ3v) is 7.16. The Kier molecular flexibility index (Phi) is 8.21. The molecule has 1 aliphatic rings. The summed E-state index contributed by atoms with van der Waals surface area (Å²) in [6, 6.07) is 18.1. The maximum atomic E-state index is 12.8. The van der Waals surface area contributed by atoms with E-state index in [1.165, 1.54) is 21.9 Å². The number of carbonyl (C=O) groups excluding carboxylic acids is 2. The molecule has 0 bridgehead atoms. The lowest BCUT2D eigenvalue weighted by Crippen LogP contribution is -2.38. The van der Waals surface area contributed by atoms with Crippen molar-refractivity contribution in [1.29, 1.82) is 0 Å². The first-order valence-electron chi connectivity index (χ1n) is 9.93. The van der Waals surface area contributed by atoms with Gasteiger partial charge in [0.05, 0.1) is 0 Å². The van der Waals surface area contributed by atoms with Gasteiger partial charge in [0.1, 0.15) is 0 Å². The number of Topliss-reactive ketones (excluding diaryl/α,β-unsaturated/α-hetero) is 1. The first kappa shape index (κ1) is 21.9. The minimum absolute atomic E-state index is 0.0146. The first-order chi connectivity index (χ1) is 14.0. The molecule has 1 fully saturated rings. The summed E-state index contributed by atoms with van der Waals surface area (Å²) in [5, 5.41) is 0.102. The SMILES string of the molecule is CN(C)Cc1ccc(C(=O)C2CCN(C(=O)SSCc3ccccc3)CC2)cc1. The Hall–Kier alpha value is -1.76. The zero-order valence-electron chi connectivity index (χ0n) is 17.0. The van der Waals surface area contributed by atoms with Crippen molar-refractivity contribution in [1.82, 2.24) is 9.80 Å². The van der Waals surface area contributed by atoms with Crippen molar-refractivity contribution < 1.29 is 9.59 Å². The van der Waals surface area contributed by atoms with Crippen molar-refractivity contribution in [2.24, 2.45) is 5.92 Å². The smallest absolute Gasteiger partial charge is 0.292 e. The molecule has 4 nitrogen and oxygen atoms in total. The van der Waals surface area contributed by atoms with E-state index < -0.39 is 0 Å². The monoisotopic (exact) mass is 428 g/mol. The Bertz CT molecular complexity index is 801. The predicted molar refractivity (Wildman–Crippen MR) is 123 cm³/mol. The Morgan fingerprint density at radius 2 is 1.62 bits per heavy atom. The second-order valence-electron chi connectivity index (χ2n) is 7.66. The van der Waals surface area contributed by atoms with Crippen LogP contribution in [0.3, 0.4) is 0 Å². The van der Waals surface area contributed by atoms with Crippen molar-refractivity contribution in [2.75, 3.05) is 27.2 Å². The van der Waals surface area contributed by atoms with Gasteiger partial charge in [-0.25, -0.2) is 0 Å². The van der Waals surface area contributed by atoms with E-state index >= 15 is 0 Å². The van der Waals surface area contributed by atoms with Gasteiger partial charge in [0.2, 0.25) is 0 Å². The number of hydrogen-bond acceptors (Lipinski definition) is 5. The van der Waals surface area contributed by atoms with Crippen molar-refractivity contribution in [3.8, 4) is 0 Å². The van der Waals surface area contributed by atoms with E-state index in [-0.39, 0.29) is 16.9 Å². The van der Waals surface area contributed by atoms with Crippen LogP contribution in [0.5, 0.6) is 0 Å². The van der Waals surface area contributed by atoms with Crippen LogP contribution < -0.4 is 0 Å². The third kappa shape index (κ3) is 6.63. The van der Waals surface area contributed by atoms with Gasteiger partial charge in [-0.1, -0.05) is 65.4 Å². The van der Waals surface area contributed by atoms with Crippen molar-refractivity contribution in [3.05, 3.63) is 71.3 Å². The molecule has 6 heteroatoms. The highest BCUT2D eigenvalue weighted by Crippen LogP contribution is 2.31. The fourth-order valence-electron chi connectivity index (χ4n) is 3.47. The number of likely N-dealkylation sites (tertiary alicyclic amines) is 1. The van der Waals surface area contributed by atoms with E-state index in [1.54, 1.807) is 10.8 Å². The van der Waals surface area contributed by atoms with Gasteiger partial charge >= 0.3 is 0 Å². The summed E-state index contributed by atoms with van der Waals surface area (Å²) in [7, 11) is 6.95. The van der Waals surface area contributed by atoms with Crippen LogP contribution >= 0.6 is 21.6 Å². The molecule has 0 aliphatic carbocycles. The molecule has 0 spiro atoms. The molecule has 29 heavy (non-hydrogen) atoms. The standard InChI is InChI=1S/C23H28N2O2S2/c1-24(2)16-18-8-10-20(11-9-18)22(26)21-12-14-25(15-13-21)23(27)29-28-17-19-6-4-3-5-7-19/h3-11,21H,12-17H2,1-2H3. The summed E-state index contributed by atoms with van der Waals surface area (Å²) in [6.07, 6.45) is 1.49. The van der Waals surface area contributed by atoms with Gasteiger partial charge in [-0.2, -0.15) is 0 Å². The summed E-state index contributed by atoms with van der Waals surface area (Å²) in [5.41, 5.74) is 3.21. The zero-order valence-corrected chi connectivity index (χ0v) is 18.7. The normalized spacial score (nSPS) is 14.9. The minimum Gasteiger partial charge on any atom is -0.333 e. The minimum atomic E-state index is 0.0146. The van der Waals surface area contributed by atoms with Crippen LogP contribution in [0, 0.1) is 5.92 Å². The number of nitrogens with zero attached hydrogens (tertiary/aromatic N) is 2. The molecular formula is C23H28N2O2S2. The fourth-order valence-corrected chi connectivity index (χ4v) is 5.45. The molecule has 0 aromatic heterocycles. The molecule has 0 saturated carbocycles. The van der Waals surface area contributed by atoms with Crippen molar-refractivity contribution in [2.45, 2.75) is 25.1 Å². The molecule has 1 saturated heterocycles. The Balaban J connectivity index is 1.43. The second-order valence-corrected chi connectivity index (χ2v) is 9.90. The van der Waals surface area contributed by atoms with Crippen LogP contribution in [-0.4, -0.2) is 48.0 Å². The summed E-state index contributed by atoms with van der Waals surface area (Å²) in [4.78, 5) is 29.2. The highest BCUT2D eigenvalue weighted by atomic mass is 33.1. The number of ketones is 1. The van der Waals surface area contributed by atoms with E-state index in [2.05, 4.69) is 17.0 Å². The molecule has 2 aromatic rings. The topological polar surface area (TPSA) is 40.6 Å². The van der Waals surface area contributed by atoms with Crippen LogP contribution in [0.15, 0.2) is 54.6 Å².